The number of nitrogens with zero attached hydrogens (tertiary/aromatic N) is 1. The van der Waals surface area contributed by atoms with Gasteiger partial charge in [-0.05, 0) is 64.2 Å². The Morgan fingerprint density at radius 1 is 0.595 bits per heavy atom. The van der Waals surface area contributed by atoms with E-state index in [9.17, 15) is 19.5 Å². The Bertz CT molecular complexity index is 623. The summed E-state index contributed by atoms with van der Waals surface area (Å²) in [6.45, 7) is 2.33. The van der Waals surface area contributed by atoms with Crippen LogP contribution < -0.4 is 0 Å². The van der Waals surface area contributed by atoms with Gasteiger partial charge in [-0.3, -0.25) is 4.57 Å². The fourth-order valence-corrected chi connectivity index (χ4v) is 5.90. The van der Waals surface area contributed by atoms with E-state index in [4.69, 9.17) is 0 Å². The summed E-state index contributed by atoms with van der Waals surface area (Å²) in [6, 6.07) is 0. The first-order valence-corrected chi connectivity index (χ1v) is 17.0. The normalized spacial score (nSPS) is 14.7. The lowest BCUT2D eigenvalue weighted by Crippen LogP contribution is -2.49. The van der Waals surface area contributed by atoms with E-state index in [2.05, 4.69) is 31.2 Å². The molecule has 0 rings (SSSR count). The average Bonchev–Trinajstić information content (AvgIpc) is 2.80. The predicted octanol–water partition coefficient (Wildman–Crippen LogP) is 8.88. The minimum Gasteiger partial charge on any atom is -0.373 e. The average molecular weight is 545 g/mol. The van der Waals surface area contributed by atoms with Gasteiger partial charge in [-0.1, -0.05) is 102 Å². The van der Waals surface area contributed by atoms with Gasteiger partial charge in [-0.15, -0.1) is 0 Å². The smallest absolute Gasteiger partial charge is 0.362 e. The monoisotopic (exact) mass is 544 g/mol. The summed E-state index contributed by atoms with van der Waals surface area (Å²) in [5.41, 5.74) is 0. The molecule has 5 nitrogen and oxygen atoms in total. The van der Waals surface area contributed by atoms with Crippen molar-refractivity contribution in [1.82, 2.24) is 0 Å². The largest absolute Gasteiger partial charge is 0.373 e. The molecule has 0 aliphatic rings. The Morgan fingerprint density at radius 2 is 0.919 bits per heavy atom. The molecular weight excluding hydrogens is 481 g/mol. The lowest BCUT2D eigenvalue weighted by atomic mass is 10.0. The molecular formula is C31H63NO4P+. The number of unbranched alkanes of at least 4 members (excludes halogenated alkanes) is 17. The van der Waals surface area contributed by atoms with Crippen molar-refractivity contribution in [3.63, 3.8) is 0 Å². The summed E-state index contributed by atoms with van der Waals surface area (Å²) < 4.78 is 12.1. The summed E-state index contributed by atoms with van der Waals surface area (Å²) in [5, 5.41) is 8.66. The zero-order valence-corrected chi connectivity index (χ0v) is 25.9. The second-order valence-corrected chi connectivity index (χ2v) is 14.0. The molecule has 0 bridgehead atoms. The van der Waals surface area contributed by atoms with Gasteiger partial charge in [0.1, 0.15) is 6.54 Å². The minimum atomic E-state index is -4.55. The first-order chi connectivity index (χ1) is 17.5. The molecule has 0 amide bonds. The molecule has 6 heteroatoms. The summed E-state index contributed by atoms with van der Waals surface area (Å²) >= 11 is 0. The molecule has 0 saturated heterocycles. The highest BCUT2D eigenvalue weighted by Gasteiger charge is 2.48. The molecule has 0 aliphatic heterocycles. The van der Waals surface area contributed by atoms with Crippen molar-refractivity contribution in [3.8, 4) is 0 Å². The van der Waals surface area contributed by atoms with Crippen molar-refractivity contribution in [3.05, 3.63) is 24.3 Å². The van der Waals surface area contributed by atoms with E-state index < -0.39 is 12.9 Å². The Morgan fingerprint density at radius 3 is 1.24 bits per heavy atom. The third kappa shape index (κ3) is 23.2. The van der Waals surface area contributed by atoms with Gasteiger partial charge < -0.3 is 19.4 Å². The highest BCUT2D eigenvalue weighted by atomic mass is 31.2. The molecule has 1 unspecified atom stereocenters. The van der Waals surface area contributed by atoms with Gasteiger partial charge in [-0.2, -0.15) is 0 Å². The number of quaternary nitrogens is 1. The summed E-state index contributed by atoms with van der Waals surface area (Å²) in [6.07, 6.45) is 34.2. The Hall–Kier alpha value is -0.450. The van der Waals surface area contributed by atoms with Gasteiger partial charge in [0.15, 0.2) is 0 Å². The van der Waals surface area contributed by atoms with Crippen LogP contribution in [-0.2, 0) is 4.57 Å². The maximum Gasteiger partial charge on any atom is 0.362 e. The van der Waals surface area contributed by atoms with Gasteiger partial charge >= 0.3 is 7.60 Å². The van der Waals surface area contributed by atoms with E-state index in [-0.39, 0.29) is 13.0 Å². The van der Waals surface area contributed by atoms with Crippen LogP contribution in [0.5, 0.6) is 0 Å². The number of hydrogen-bond donors (Lipinski definition) is 3. The lowest BCUT2D eigenvalue weighted by molar-refractivity contribution is -0.875. The molecule has 1 atom stereocenters. The SMILES string of the molecule is CCCCCCC/C=C\CCCCCCC/C=C\CCCCCCCCC(O)(C[N+](C)(C)C)P(=O)(O)O. The molecule has 0 aliphatic carbocycles. The van der Waals surface area contributed by atoms with Crippen LogP contribution in [-0.4, -0.2) is 52.4 Å². The summed E-state index contributed by atoms with van der Waals surface area (Å²) in [4.78, 5) is 19.3. The van der Waals surface area contributed by atoms with Crippen LogP contribution in [0.2, 0.25) is 0 Å². The summed E-state index contributed by atoms with van der Waals surface area (Å²) in [7, 11) is 0.968. The molecule has 0 heterocycles. The molecule has 220 valence electrons. The van der Waals surface area contributed by atoms with Crippen molar-refractivity contribution in [1.29, 1.82) is 0 Å². The minimum absolute atomic E-state index is 0.0561. The first-order valence-electron chi connectivity index (χ1n) is 15.4. The fourth-order valence-electron chi connectivity index (χ4n) is 4.85. The Kier molecular flexibility index (Phi) is 22.1. The molecule has 37 heavy (non-hydrogen) atoms. The number of likely N-dealkylation sites (N-methyl/N-ethyl adjacent to an activating group) is 1. The van der Waals surface area contributed by atoms with Crippen molar-refractivity contribution in [2.75, 3.05) is 27.7 Å². The molecule has 0 saturated carbocycles. The molecule has 0 radical (unpaired) electrons. The standard InChI is InChI=1S/C31H62NO4P/c1-5-6-7-8-9-10-11-12-13-14-15-16-17-18-19-20-21-22-23-24-25-26-27-28-29-31(33,37(34,35)36)30-32(2,3)4/h11-12,20-21,33H,5-10,13-19,22-30H2,1-4H3,(H-,34,35,36)/p+1/b12-11-,21-20-. The van der Waals surface area contributed by atoms with Gasteiger partial charge in [-0.25, -0.2) is 0 Å². The predicted molar refractivity (Wildman–Crippen MR) is 161 cm³/mol. The van der Waals surface area contributed by atoms with Gasteiger partial charge in [0.25, 0.3) is 0 Å². The van der Waals surface area contributed by atoms with Gasteiger partial charge in [0.2, 0.25) is 5.34 Å². The molecule has 0 aromatic rings. The van der Waals surface area contributed by atoms with Crippen LogP contribution in [0.1, 0.15) is 142 Å². The van der Waals surface area contributed by atoms with Crippen molar-refractivity contribution in [2.45, 2.75) is 147 Å². The molecule has 0 fully saturated rings. The van der Waals surface area contributed by atoms with Crippen LogP contribution in [0.25, 0.3) is 0 Å². The van der Waals surface area contributed by atoms with Crippen LogP contribution in [0.4, 0.5) is 0 Å². The third-order valence-electron chi connectivity index (χ3n) is 7.02. The number of allylic oxidation sites excluding steroid dienone is 4. The zero-order valence-electron chi connectivity index (χ0n) is 25.0. The van der Waals surface area contributed by atoms with Crippen molar-refractivity contribution in [2.24, 2.45) is 0 Å². The highest BCUT2D eigenvalue weighted by molar-refractivity contribution is 7.53. The molecule has 0 spiro atoms. The van der Waals surface area contributed by atoms with E-state index in [1.54, 1.807) is 0 Å². The van der Waals surface area contributed by atoms with E-state index >= 15 is 0 Å². The first kappa shape index (κ1) is 36.5. The number of aliphatic hydroxyl groups is 1. The molecule has 3 N–H and O–H groups in total. The Labute approximate surface area is 230 Å². The van der Waals surface area contributed by atoms with Crippen molar-refractivity contribution < 1.29 is 23.9 Å². The van der Waals surface area contributed by atoms with E-state index in [1.165, 1.54) is 96.3 Å². The maximum absolute atomic E-state index is 11.8. The van der Waals surface area contributed by atoms with Crippen LogP contribution in [0.3, 0.4) is 0 Å². The maximum atomic E-state index is 11.8. The van der Waals surface area contributed by atoms with E-state index in [1.807, 2.05) is 21.1 Å². The highest BCUT2D eigenvalue weighted by Crippen LogP contribution is 2.52. The van der Waals surface area contributed by atoms with Crippen molar-refractivity contribution >= 4 is 7.60 Å². The molecule has 0 aromatic heterocycles. The topological polar surface area (TPSA) is 77.8 Å². The van der Waals surface area contributed by atoms with Gasteiger partial charge in [0, 0.05) is 0 Å². The molecule has 0 aromatic carbocycles. The lowest BCUT2D eigenvalue weighted by Gasteiger charge is -2.35. The number of hydrogen-bond acceptors (Lipinski definition) is 2. The second-order valence-electron chi connectivity index (χ2n) is 12.1. The van der Waals surface area contributed by atoms with Crippen LogP contribution >= 0.6 is 7.60 Å². The van der Waals surface area contributed by atoms with E-state index in [0.29, 0.717) is 10.9 Å². The van der Waals surface area contributed by atoms with Crippen LogP contribution in [0, 0.1) is 0 Å². The third-order valence-corrected chi connectivity index (χ3v) is 8.47. The second kappa shape index (κ2) is 22.4. The van der Waals surface area contributed by atoms with Gasteiger partial charge in [0.05, 0.1) is 21.1 Å². The quantitative estimate of drug-likeness (QED) is 0.0440. The fraction of sp³-hybridized carbons (Fsp3) is 0.871. The zero-order chi connectivity index (χ0) is 27.9. The van der Waals surface area contributed by atoms with Crippen LogP contribution in [0.15, 0.2) is 24.3 Å². The summed E-state index contributed by atoms with van der Waals surface area (Å²) in [5.74, 6) is 0. The van der Waals surface area contributed by atoms with E-state index in [0.717, 1.165) is 25.7 Å². The number of rotatable bonds is 26. The Balaban J connectivity index is 3.53.